The van der Waals surface area contributed by atoms with Crippen LogP contribution in [0.3, 0.4) is 0 Å². The second kappa shape index (κ2) is 3.69. The van der Waals surface area contributed by atoms with Gasteiger partial charge in [-0.05, 0) is 6.55 Å². The highest BCUT2D eigenvalue weighted by Crippen LogP contribution is 1.51. The predicted molar refractivity (Wildman–Crippen MR) is 21.2 cm³/mol. The van der Waals surface area contributed by atoms with Crippen LogP contribution in [-0.4, -0.2) is 16.2 Å². The Kier molecular flexibility index (Phi) is 3.46. The Morgan fingerprint density at radius 2 is 2.60 bits per heavy atom. The molecule has 29 valence electrons. The maximum Gasteiger partial charge on any atom is 0.402 e. The van der Waals surface area contributed by atoms with Crippen LogP contribution in [0.4, 0.5) is 0 Å². The minimum absolute atomic E-state index is 0.510. The average molecular weight is 89.1 g/mol. The number of hydrogen-bond acceptors (Lipinski definition) is 2. The molecule has 0 aliphatic heterocycles. The van der Waals surface area contributed by atoms with E-state index in [-0.39, 0.29) is 0 Å². The van der Waals surface area contributed by atoms with E-state index in [9.17, 15) is 0 Å². The number of rotatable bonds is 2. The van der Waals surface area contributed by atoms with Gasteiger partial charge in [0.05, 0.1) is 0 Å². The van der Waals surface area contributed by atoms with Gasteiger partial charge in [-0.3, -0.25) is 0 Å². The van der Waals surface area contributed by atoms with Gasteiger partial charge in [-0.1, -0.05) is 0 Å². The van der Waals surface area contributed by atoms with Crippen molar-refractivity contribution < 1.29 is 9.22 Å². The quantitative estimate of drug-likeness (QED) is 0.414. The monoisotopic (exact) mass is 89.0 g/mol. The molecule has 0 N–H and O–H groups in total. The molecule has 0 atom stereocenters. The van der Waals surface area contributed by atoms with Crippen molar-refractivity contribution in [2.45, 2.75) is 6.55 Å². The Morgan fingerprint density at radius 3 is 2.60 bits per heavy atom. The SMILES string of the molecule is C[SiH2]O[C]=O. The molecule has 0 aromatic rings. The molecule has 0 rings (SSSR count). The smallest absolute Gasteiger partial charge is 0.402 e. The van der Waals surface area contributed by atoms with Gasteiger partial charge in [0.1, 0.15) is 0 Å². The molecule has 0 aromatic heterocycles. The lowest BCUT2D eigenvalue weighted by molar-refractivity contribution is 0.458. The first-order valence-electron chi connectivity index (χ1n) is 1.40. The minimum atomic E-state index is -0.510. The summed E-state index contributed by atoms with van der Waals surface area (Å²) in [6, 6.07) is 0. The molecule has 5 heavy (non-hydrogen) atoms. The van der Waals surface area contributed by atoms with E-state index in [1.807, 2.05) is 6.55 Å². The first-order valence-corrected chi connectivity index (χ1v) is 3.40. The zero-order chi connectivity index (χ0) is 4.12. The molecule has 0 aliphatic rings. The van der Waals surface area contributed by atoms with Gasteiger partial charge < -0.3 is 4.43 Å². The van der Waals surface area contributed by atoms with Crippen molar-refractivity contribution in [2.75, 3.05) is 0 Å². The molecule has 0 heterocycles. The maximum atomic E-state index is 9.09. The standard InChI is InChI=1S/C2H5O2Si/c1-5-4-2-3/h5H2,1H3. The van der Waals surface area contributed by atoms with E-state index < -0.39 is 9.76 Å². The molecule has 0 amide bonds. The zero-order valence-electron chi connectivity index (χ0n) is 3.02. The summed E-state index contributed by atoms with van der Waals surface area (Å²) in [5.74, 6) is 0. The Labute approximate surface area is 33.1 Å². The van der Waals surface area contributed by atoms with Crippen molar-refractivity contribution in [1.29, 1.82) is 0 Å². The third-order valence-corrected chi connectivity index (χ3v) is 0.610. The highest BCUT2D eigenvalue weighted by atomic mass is 28.2. The molecular weight excluding hydrogens is 84.1 g/mol. The van der Waals surface area contributed by atoms with Gasteiger partial charge in [0.25, 0.3) is 0 Å². The average Bonchev–Trinajstić information content (AvgIpc) is 1.41. The number of carbonyl (C=O) groups excluding carboxylic acids is 1. The Bertz CT molecular complexity index is 28.8. The van der Waals surface area contributed by atoms with E-state index in [2.05, 4.69) is 4.43 Å². The molecule has 0 saturated carbocycles. The van der Waals surface area contributed by atoms with Gasteiger partial charge in [0, 0.05) is 0 Å². The van der Waals surface area contributed by atoms with Crippen molar-refractivity contribution in [1.82, 2.24) is 0 Å². The van der Waals surface area contributed by atoms with Gasteiger partial charge in [0.15, 0.2) is 0 Å². The van der Waals surface area contributed by atoms with Crippen LogP contribution in [0.15, 0.2) is 0 Å². The van der Waals surface area contributed by atoms with Crippen LogP contribution >= 0.6 is 0 Å². The summed E-state index contributed by atoms with van der Waals surface area (Å²) < 4.78 is 4.17. The van der Waals surface area contributed by atoms with Gasteiger partial charge in [-0.25, -0.2) is 4.79 Å². The first-order chi connectivity index (χ1) is 2.41. The van der Waals surface area contributed by atoms with Crippen LogP contribution in [0.5, 0.6) is 0 Å². The van der Waals surface area contributed by atoms with Crippen molar-refractivity contribution in [3.63, 3.8) is 0 Å². The molecule has 0 aromatic carbocycles. The van der Waals surface area contributed by atoms with Crippen LogP contribution in [0.1, 0.15) is 0 Å². The summed E-state index contributed by atoms with van der Waals surface area (Å²) in [5, 5.41) is 0. The van der Waals surface area contributed by atoms with Gasteiger partial charge in [0.2, 0.25) is 9.76 Å². The molecule has 0 spiro atoms. The first kappa shape index (κ1) is 4.69. The molecule has 0 aliphatic carbocycles. The second-order valence-electron chi connectivity index (χ2n) is 0.516. The van der Waals surface area contributed by atoms with E-state index in [1.54, 1.807) is 0 Å². The van der Waals surface area contributed by atoms with Crippen LogP contribution in [0, 0.1) is 0 Å². The van der Waals surface area contributed by atoms with Crippen molar-refractivity contribution in [3.05, 3.63) is 0 Å². The summed E-state index contributed by atoms with van der Waals surface area (Å²) in [7, 11) is -0.510. The minimum Gasteiger partial charge on any atom is -0.517 e. The second-order valence-corrected chi connectivity index (χ2v) is 1.38. The predicted octanol–water partition coefficient (Wildman–Crippen LogP) is -0.798. The highest BCUT2D eigenvalue weighted by molar-refractivity contribution is 6.27. The van der Waals surface area contributed by atoms with E-state index in [1.165, 1.54) is 6.47 Å². The maximum absolute atomic E-state index is 9.09. The van der Waals surface area contributed by atoms with Gasteiger partial charge in [-0.15, -0.1) is 0 Å². The normalized spacial score (nSPS) is 9.00. The summed E-state index contributed by atoms with van der Waals surface area (Å²) in [6.07, 6.45) is 0. The lowest BCUT2D eigenvalue weighted by Gasteiger charge is -1.77. The van der Waals surface area contributed by atoms with E-state index in [0.717, 1.165) is 0 Å². The fourth-order valence-electron chi connectivity index (χ4n) is 0.0589. The lowest BCUT2D eigenvalue weighted by Crippen LogP contribution is -1.85. The lowest BCUT2D eigenvalue weighted by atomic mass is 11.7. The third-order valence-electron chi connectivity index (χ3n) is 0.203. The number of hydrogen-bond donors (Lipinski definition) is 0. The zero-order valence-corrected chi connectivity index (χ0v) is 4.44. The van der Waals surface area contributed by atoms with Crippen LogP contribution in [-0.2, 0) is 9.22 Å². The molecule has 0 unspecified atom stereocenters. The highest BCUT2D eigenvalue weighted by Gasteiger charge is 1.66. The van der Waals surface area contributed by atoms with Crippen molar-refractivity contribution >= 4 is 16.2 Å². The van der Waals surface area contributed by atoms with Crippen molar-refractivity contribution in [3.8, 4) is 0 Å². The fourth-order valence-corrected chi connectivity index (χ4v) is 0.177. The molecule has 0 bridgehead atoms. The molecule has 0 fully saturated rings. The largest absolute Gasteiger partial charge is 0.517 e. The molecule has 0 saturated heterocycles. The fraction of sp³-hybridized carbons (Fsp3) is 0.500. The molecule has 2 nitrogen and oxygen atoms in total. The van der Waals surface area contributed by atoms with Crippen LogP contribution in [0.2, 0.25) is 6.55 Å². The van der Waals surface area contributed by atoms with Crippen LogP contribution in [0.25, 0.3) is 0 Å². The van der Waals surface area contributed by atoms with Crippen molar-refractivity contribution in [2.24, 2.45) is 0 Å². The molecule has 1 radical (unpaired) electrons. The van der Waals surface area contributed by atoms with Gasteiger partial charge in [-0.2, -0.15) is 0 Å². The summed E-state index contributed by atoms with van der Waals surface area (Å²) in [6.45, 7) is 3.20. The summed E-state index contributed by atoms with van der Waals surface area (Å²) in [5.41, 5.74) is 0. The van der Waals surface area contributed by atoms with Crippen LogP contribution < -0.4 is 0 Å². The van der Waals surface area contributed by atoms with Gasteiger partial charge >= 0.3 is 6.47 Å². The molecular formula is C2H5O2Si. The molecule has 3 heteroatoms. The topological polar surface area (TPSA) is 26.3 Å². The van der Waals surface area contributed by atoms with E-state index in [4.69, 9.17) is 4.79 Å². The summed E-state index contributed by atoms with van der Waals surface area (Å²) >= 11 is 0. The Balaban J connectivity index is 2.40. The Morgan fingerprint density at radius 1 is 2.00 bits per heavy atom. The van der Waals surface area contributed by atoms with E-state index >= 15 is 0 Å². The third kappa shape index (κ3) is 3.69. The summed E-state index contributed by atoms with van der Waals surface area (Å²) in [4.78, 5) is 9.09. The van der Waals surface area contributed by atoms with E-state index in [0.29, 0.717) is 0 Å². The Hall–Kier alpha value is -0.313.